The molecule has 2 aromatic rings. The summed E-state index contributed by atoms with van der Waals surface area (Å²) in [5.74, 6) is -0.248. The summed E-state index contributed by atoms with van der Waals surface area (Å²) in [6.07, 6.45) is 1.24. The van der Waals surface area contributed by atoms with Crippen LogP contribution in [0.3, 0.4) is 0 Å². The fraction of sp³-hybridized carbons (Fsp3) is 0.0909. The number of hydrogen-bond donors (Lipinski definition) is 5. The first kappa shape index (κ1) is 11.1. The third kappa shape index (κ3) is 2.03. The standard InChI is InChI=1S/C11H12N6O/c18-10(13-11-14-16-17-15-11)9-8-4-2-1-3-7(8)5-6-12-9/h1-6,11,14-17H,(H,13,18). The van der Waals surface area contributed by atoms with Crippen LogP contribution < -0.4 is 27.2 Å². The van der Waals surface area contributed by atoms with Gasteiger partial charge in [-0.2, -0.15) is 11.1 Å². The van der Waals surface area contributed by atoms with Crippen molar-refractivity contribution in [2.24, 2.45) is 0 Å². The molecule has 0 radical (unpaired) electrons. The Bertz CT molecular complexity index is 575. The van der Waals surface area contributed by atoms with Crippen LogP contribution >= 0.6 is 0 Å². The van der Waals surface area contributed by atoms with Crippen molar-refractivity contribution in [3.63, 3.8) is 0 Å². The van der Waals surface area contributed by atoms with E-state index in [4.69, 9.17) is 0 Å². The maximum atomic E-state index is 12.1. The number of amides is 1. The SMILES string of the molecule is O=C(NC1NNNN1)c1nccc2ccccc12. The molecule has 1 aliphatic heterocycles. The van der Waals surface area contributed by atoms with Gasteiger partial charge in [0.2, 0.25) is 0 Å². The second kappa shape index (κ2) is 4.67. The molecule has 1 aliphatic rings. The molecule has 1 aromatic heterocycles. The van der Waals surface area contributed by atoms with Crippen LogP contribution in [-0.4, -0.2) is 17.2 Å². The van der Waals surface area contributed by atoms with E-state index in [-0.39, 0.29) is 5.91 Å². The predicted octanol–water partition coefficient (Wildman–Crippen LogP) is -0.635. The van der Waals surface area contributed by atoms with E-state index >= 15 is 0 Å². The van der Waals surface area contributed by atoms with E-state index in [1.807, 2.05) is 30.3 Å². The van der Waals surface area contributed by atoms with Gasteiger partial charge in [0.05, 0.1) is 0 Å². The second-order valence-electron chi connectivity index (χ2n) is 3.83. The number of aromatic nitrogens is 1. The van der Waals surface area contributed by atoms with Crippen LogP contribution in [0.4, 0.5) is 0 Å². The van der Waals surface area contributed by atoms with Crippen LogP contribution in [0, 0.1) is 0 Å². The van der Waals surface area contributed by atoms with Crippen LogP contribution in [0.15, 0.2) is 36.5 Å². The van der Waals surface area contributed by atoms with E-state index in [1.54, 1.807) is 6.20 Å². The topological polar surface area (TPSA) is 90.1 Å². The minimum atomic E-state index is -0.390. The lowest BCUT2D eigenvalue weighted by Crippen LogP contribution is -2.49. The molecular weight excluding hydrogens is 232 g/mol. The van der Waals surface area contributed by atoms with Crippen molar-refractivity contribution in [3.8, 4) is 0 Å². The van der Waals surface area contributed by atoms with Gasteiger partial charge in [-0.3, -0.25) is 9.78 Å². The number of benzene rings is 1. The Morgan fingerprint density at radius 1 is 1.17 bits per heavy atom. The summed E-state index contributed by atoms with van der Waals surface area (Å²) in [6.45, 7) is 0. The molecule has 0 saturated carbocycles. The highest BCUT2D eigenvalue weighted by atomic mass is 16.2. The lowest BCUT2D eigenvalue weighted by molar-refractivity contribution is 0.0923. The number of hydrogen-bond acceptors (Lipinski definition) is 6. The Labute approximate surface area is 103 Å². The van der Waals surface area contributed by atoms with Gasteiger partial charge in [-0.15, -0.1) is 0 Å². The summed E-state index contributed by atoms with van der Waals surface area (Å²) in [5.41, 5.74) is 11.2. The molecular formula is C11H12N6O. The Morgan fingerprint density at radius 3 is 2.78 bits per heavy atom. The van der Waals surface area contributed by atoms with Crippen LogP contribution in [-0.2, 0) is 0 Å². The molecule has 1 aromatic carbocycles. The minimum Gasteiger partial charge on any atom is -0.321 e. The number of carbonyl (C=O) groups is 1. The maximum absolute atomic E-state index is 12.1. The maximum Gasteiger partial charge on any atom is 0.272 e. The van der Waals surface area contributed by atoms with Crippen LogP contribution in [0.25, 0.3) is 10.8 Å². The predicted molar refractivity (Wildman–Crippen MR) is 65.5 cm³/mol. The van der Waals surface area contributed by atoms with E-state index < -0.39 is 6.29 Å². The van der Waals surface area contributed by atoms with Crippen LogP contribution in [0.2, 0.25) is 0 Å². The van der Waals surface area contributed by atoms with Crippen molar-refractivity contribution < 1.29 is 4.79 Å². The fourth-order valence-corrected chi connectivity index (χ4v) is 1.82. The Balaban J connectivity index is 1.91. The van der Waals surface area contributed by atoms with Gasteiger partial charge in [0.25, 0.3) is 5.91 Å². The molecule has 2 heterocycles. The highest BCUT2D eigenvalue weighted by molar-refractivity contribution is 6.05. The van der Waals surface area contributed by atoms with Crippen molar-refractivity contribution in [1.82, 2.24) is 32.2 Å². The summed E-state index contributed by atoms with van der Waals surface area (Å²) in [4.78, 5) is 16.2. The van der Waals surface area contributed by atoms with Crippen molar-refractivity contribution in [3.05, 3.63) is 42.2 Å². The van der Waals surface area contributed by atoms with Gasteiger partial charge in [-0.1, -0.05) is 24.3 Å². The van der Waals surface area contributed by atoms with E-state index in [2.05, 4.69) is 32.2 Å². The van der Waals surface area contributed by atoms with E-state index in [1.165, 1.54) is 0 Å². The lowest BCUT2D eigenvalue weighted by atomic mass is 10.1. The van der Waals surface area contributed by atoms with Crippen molar-refractivity contribution in [2.45, 2.75) is 6.29 Å². The van der Waals surface area contributed by atoms with Gasteiger partial charge in [0.1, 0.15) is 5.69 Å². The first-order chi connectivity index (χ1) is 8.84. The zero-order valence-corrected chi connectivity index (χ0v) is 9.40. The van der Waals surface area contributed by atoms with Gasteiger partial charge in [-0.25, -0.2) is 10.9 Å². The number of pyridine rings is 1. The quantitative estimate of drug-likeness (QED) is 0.483. The number of nitrogens with one attached hydrogen (secondary N) is 5. The third-order valence-corrected chi connectivity index (χ3v) is 2.66. The summed E-state index contributed by atoms with van der Waals surface area (Å²) < 4.78 is 0. The number of rotatable bonds is 2. The van der Waals surface area contributed by atoms with Gasteiger partial charge in [-0.05, 0) is 11.5 Å². The first-order valence-electron chi connectivity index (χ1n) is 5.50. The zero-order chi connectivity index (χ0) is 12.4. The number of fused-ring (bicyclic) bond motifs is 1. The van der Waals surface area contributed by atoms with Crippen molar-refractivity contribution in [1.29, 1.82) is 0 Å². The summed E-state index contributed by atoms with van der Waals surface area (Å²) >= 11 is 0. The molecule has 92 valence electrons. The largest absolute Gasteiger partial charge is 0.321 e. The minimum absolute atomic E-state index is 0.248. The third-order valence-electron chi connectivity index (χ3n) is 2.66. The molecule has 0 unspecified atom stereocenters. The highest BCUT2D eigenvalue weighted by Crippen LogP contribution is 2.15. The zero-order valence-electron chi connectivity index (χ0n) is 9.40. The van der Waals surface area contributed by atoms with Gasteiger partial charge >= 0.3 is 0 Å². The molecule has 0 atom stereocenters. The van der Waals surface area contributed by atoms with Gasteiger partial charge < -0.3 is 5.32 Å². The molecule has 0 spiro atoms. The van der Waals surface area contributed by atoms with Gasteiger partial charge in [0, 0.05) is 11.6 Å². The molecule has 0 bridgehead atoms. The molecule has 18 heavy (non-hydrogen) atoms. The Morgan fingerprint density at radius 2 is 1.94 bits per heavy atom. The van der Waals surface area contributed by atoms with E-state index in [0.717, 1.165) is 10.8 Å². The fourth-order valence-electron chi connectivity index (χ4n) is 1.82. The molecule has 0 aliphatic carbocycles. The van der Waals surface area contributed by atoms with Crippen LogP contribution in [0.5, 0.6) is 0 Å². The summed E-state index contributed by atoms with van der Waals surface area (Å²) in [6, 6.07) is 9.52. The number of hydrazine groups is 3. The Kier molecular flexibility index (Phi) is 2.87. The normalized spacial score (nSPS) is 16.0. The lowest BCUT2D eigenvalue weighted by Gasteiger charge is -2.11. The molecule has 7 heteroatoms. The average Bonchev–Trinajstić information content (AvgIpc) is 2.91. The average molecular weight is 244 g/mol. The van der Waals surface area contributed by atoms with Crippen LogP contribution in [0.1, 0.15) is 10.5 Å². The highest BCUT2D eigenvalue weighted by Gasteiger charge is 2.18. The first-order valence-corrected chi connectivity index (χ1v) is 5.50. The molecule has 1 fully saturated rings. The molecule has 3 rings (SSSR count). The molecule has 7 nitrogen and oxygen atoms in total. The number of nitrogens with zero attached hydrogens (tertiary/aromatic N) is 1. The second-order valence-corrected chi connectivity index (χ2v) is 3.83. The van der Waals surface area contributed by atoms with Crippen molar-refractivity contribution in [2.75, 3.05) is 0 Å². The Hall–Kier alpha value is -2.06. The van der Waals surface area contributed by atoms with E-state index in [9.17, 15) is 4.79 Å². The molecule has 5 N–H and O–H groups in total. The molecule has 1 saturated heterocycles. The summed E-state index contributed by atoms with van der Waals surface area (Å²) in [7, 11) is 0. The van der Waals surface area contributed by atoms with E-state index in [0.29, 0.717) is 5.69 Å². The summed E-state index contributed by atoms with van der Waals surface area (Å²) in [5, 5.41) is 4.56. The monoisotopic (exact) mass is 244 g/mol. The molecule has 1 amide bonds. The van der Waals surface area contributed by atoms with Gasteiger partial charge in [0.15, 0.2) is 6.29 Å². The van der Waals surface area contributed by atoms with Crippen molar-refractivity contribution >= 4 is 16.7 Å². The smallest absolute Gasteiger partial charge is 0.272 e. The number of carbonyl (C=O) groups excluding carboxylic acids is 1.